The van der Waals surface area contributed by atoms with E-state index in [1.165, 1.54) is 17.4 Å². The molecule has 2 fully saturated rings. The Kier molecular flexibility index (Phi) is 9.66. The van der Waals surface area contributed by atoms with Crippen molar-refractivity contribution in [3.63, 3.8) is 0 Å². The van der Waals surface area contributed by atoms with Crippen molar-refractivity contribution in [2.45, 2.75) is 63.0 Å². The summed E-state index contributed by atoms with van der Waals surface area (Å²) in [6, 6.07) is 0.994. The normalized spacial score (nSPS) is 19.2. The number of hydrogen-bond donors (Lipinski definition) is 3. The van der Waals surface area contributed by atoms with E-state index >= 15 is 0 Å². The molecule has 0 spiro atoms. The van der Waals surface area contributed by atoms with Crippen molar-refractivity contribution < 1.29 is 27.6 Å². The molecular weight excluding hydrogens is 663 g/mol. The third kappa shape index (κ3) is 7.09. The van der Waals surface area contributed by atoms with Crippen LogP contribution in [0.1, 0.15) is 42.4 Å². The van der Waals surface area contributed by atoms with Crippen LogP contribution in [0.2, 0.25) is 0 Å². The average Bonchev–Trinajstić information content (AvgIpc) is 3.44. The Morgan fingerprint density at radius 2 is 1.77 bits per heavy atom. The van der Waals surface area contributed by atoms with Crippen molar-refractivity contribution in [3.05, 3.63) is 44.1 Å². The molecule has 5 rings (SSSR count). The Morgan fingerprint density at radius 3 is 2.41 bits per heavy atom. The molecular formula is C29H37BrF3N7O3S. The molecule has 44 heavy (non-hydrogen) atoms. The number of anilines is 2. The van der Waals surface area contributed by atoms with Gasteiger partial charge in [0, 0.05) is 60.1 Å². The summed E-state index contributed by atoms with van der Waals surface area (Å²) in [4.78, 5) is 47.2. The van der Waals surface area contributed by atoms with Gasteiger partial charge >= 0.3 is 18.2 Å². The van der Waals surface area contributed by atoms with Crippen LogP contribution in [0, 0.1) is 0 Å². The Hall–Kier alpha value is -3.04. The number of halogens is 4. The lowest BCUT2D eigenvalue weighted by Gasteiger charge is -2.40. The number of thiophene rings is 1. The summed E-state index contributed by atoms with van der Waals surface area (Å²) in [7, 11) is 3.98. The highest BCUT2D eigenvalue weighted by Gasteiger charge is 2.37. The Balaban J connectivity index is 1.28. The maximum Gasteiger partial charge on any atom is 0.418 e. The molecule has 5 amide bonds. The minimum Gasteiger partial charge on any atom is -0.397 e. The number of piperidine rings is 2. The summed E-state index contributed by atoms with van der Waals surface area (Å²) in [6.07, 6.45) is -2.16. The second-order valence-corrected chi connectivity index (χ2v) is 13.4. The highest BCUT2D eigenvalue weighted by Crippen LogP contribution is 2.38. The molecule has 2 aromatic rings. The number of amides is 5. The first kappa shape index (κ1) is 32.4. The van der Waals surface area contributed by atoms with Crippen LogP contribution in [0.3, 0.4) is 0 Å². The maximum absolute atomic E-state index is 13.8. The van der Waals surface area contributed by atoms with E-state index in [1.807, 2.05) is 24.9 Å². The van der Waals surface area contributed by atoms with Crippen LogP contribution in [-0.4, -0.2) is 96.0 Å². The summed E-state index contributed by atoms with van der Waals surface area (Å²) < 4.78 is 41.2. The molecule has 0 unspecified atom stereocenters. The SMILES string of the molecule is CN(C)C1CCN(C(=O)[C@@H](Cc2cc(Br)c(N)c(C(F)(F)F)c2)NC(=O)N2CCC(N3Cc4cscc4NC3=O)CC2)CC1. The molecule has 10 nitrogen and oxygen atoms in total. The zero-order valence-corrected chi connectivity index (χ0v) is 27.0. The van der Waals surface area contributed by atoms with Gasteiger partial charge in [-0.25, -0.2) is 9.59 Å². The predicted molar refractivity (Wildman–Crippen MR) is 166 cm³/mol. The lowest BCUT2D eigenvalue weighted by molar-refractivity contribution is -0.137. The van der Waals surface area contributed by atoms with E-state index in [2.05, 4.69) is 31.5 Å². The molecule has 1 aromatic heterocycles. The van der Waals surface area contributed by atoms with Crippen LogP contribution < -0.4 is 16.4 Å². The maximum atomic E-state index is 13.8. The molecule has 0 radical (unpaired) electrons. The molecule has 3 aliphatic rings. The summed E-state index contributed by atoms with van der Waals surface area (Å²) in [6.45, 7) is 2.24. The largest absolute Gasteiger partial charge is 0.418 e. The van der Waals surface area contributed by atoms with E-state index < -0.39 is 29.5 Å². The predicted octanol–water partition coefficient (Wildman–Crippen LogP) is 4.80. The molecule has 2 saturated heterocycles. The van der Waals surface area contributed by atoms with Gasteiger partial charge in [0.1, 0.15) is 6.04 Å². The molecule has 3 aliphatic heterocycles. The minimum absolute atomic E-state index is 0.0459. The quantitative estimate of drug-likeness (QED) is 0.375. The van der Waals surface area contributed by atoms with E-state index in [9.17, 15) is 27.6 Å². The monoisotopic (exact) mass is 699 g/mol. The van der Waals surface area contributed by atoms with Crippen LogP contribution in [-0.2, 0) is 23.9 Å². The van der Waals surface area contributed by atoms with Gasteiger partial charge in [-0.15, -0.1) is 11.3 Å². The molecule has 4 heterocycles. The smallest absolute Gasteiger partial charge is 0.397 e. The van der Waals surface area contributed by atoms with Crippen molar-refractivity contribution in [1.29, 1.82) is 0 Å². The van der Waals surface area contributed by atoms with Gasteiger partial charge in [-0.2, -0.15) is 13.2 Å². The number of alkyl halides is 3. The van der Waals surface area contributed by atoms with Crippen LogP contribution in [0.5, 0.6) is 0 Å². The Bertz CT molecular complexity index is 1390. The number of fused-ring (bicyclic) bond motifs is 1. The molecule has 0 aliphatic carbocycles. The number of likely N-dealkylation sites (tertiary alicyclic amines) is 2. The van der Waals surface area contributed by atoms with Gasteiger partial charge in [0.25, 0.3) is 0 Å². The van der Waals surface area contributed by atoms with Crippen molar-refractivity contribution >= 4 is 56.6 Å². The fourth-order valence-electron chi connectivity index (χ4n) is 6.20. The number of nitrogen functional groups attached to an aromatic ring is 1. The van der Waals surface area contributed by atoms with Gasteiger partial charge in [-0.05, 0) is 78.8 Å². The number of nitrogens with two attached hydrogens (primary N) is 1. The van der Waals surface area contributed by atoms with Gasteiger partial charge in [0.15, 0.2) is 0 Å². The topological polar surface area (TPSA) is 114 Å². The number of nitrogens with zero attached hydrogens (tertiary/aromatic N) is 4. The molecule has 0 bridgehead atoms. The number of urea groups is 2. The second kappa shape index (κ2) is 13.1. The number of carbonyl (C=O) groups excluding carboxylic acids is 3. The van der Waals surface area contributed by atoms with Crippen molar-refractivity contribution in [2.75, 3.05) is 51.3 Å². The minimum atomic E-state index is -4.68. The number of benzene rings is 1. The van der Waals surface area contributed by atoms with E-state index in [4.69, 9.17) is 5.73 Å². The molecule has 0 saturated carbocycles. The standard InChI is InChI=1S/C29H37BrF3N7O3S/c1-37(2)19-3-7-38(8-4-19)26(41)23(13-17-11-21(29(31,32)33)25(34)22(30)12-17)35-27(42)39-9-5-20(6-10-39)40-14-18-15-44-16-24(18)36-28(40)43/h11-12,15-16,19-20,23H,3-10,13-14,34H2,1-2H3,(H,35,42)(H,36,43)/t23-/m1/s1. The van der Waals surface area contributed by atoms with Gasteiger partial charge < -0.3 is 36.0 Å². The fourth-order valence-corrected chi connectivity index (χ4v) is 7.49. The lowest BCUT2D eigenvalue weighted by Crippen LogP contribution is -2.57. The fraction of sp³-hybridized carbons (Fsp3) is 0.552. The summed E-state index contributed by atoms with van der Waals surface area (Å²) in [5.41, 5.74) is 6.40. The van der Waals surface area contributed by atoms with Crippen LogP contribution in [0.25, 0.3) is 0 Å². The van der Waals surface area contributed by atoms with Crippen LogP contribution >= 0.6 is 27.3 Å². The first-order valence-electron chi connectivity index (χ1n) is 14.6. The number of nitrogens with one attached hydrogen (secondary N) is 2. The molecule has 240 valence electrons. The average molecular weight is 701 g/mol. The van der Waals surface area contributed by atoms with Gasteiger partial charge in [0.2, 0.25) is 5.91 Å². The third-order valence-corrected chi connectivity index (χ3v) is 10.3. The first-order valence-corrected chi connectivity index (χ1v) is 16.3. The third-order valence-electron chi connectivity index (χ3n) is 8.81. The van der Waals surface area contributed by atoms with Crippen molar-refractivity contribution in [1.82, 2.24) is 24.9 Å². The number of hydrogen-bond acceptors (Lipinski definition) is 6. The van der Waals surface area contributed by atoms with Gasteiger partial charge in [-0.3, -0.25) is 4.79 Å². The Morgan fingerprint density at radius 1 is 1.11 bits per heavy atom. The highest BCUT2D eigenvalue weighted by molar-refractivity contribution is 9.10. The Labute approximate surface area is 266 Å². The molecule has 1 atom stereocenters. The number of carbonyl (C=O) groups is 3. The zero-order valence-electron chi connectivity index (χ0n) is 24.6. The first-order chi connectivity index (χ1) is 20.8. The van der Waals surface area contributed by atoms with E-state index in [0.717, 1.165) is 30.2 Å². The highest BCUT2D eigenvalue weighted by atomic mass is 79.9. The second-order valence-electron chi connectivity index (χ2n) is 11.8. The molecule has 1 aromatic carbocycles. The molecule has 15 heteroatoms. The van der Waals surface area contributed by atoms with Crippen molar-refractivity contribution in [3.8, 4) is 0 Å². The van der Waals surface area contributed by atoms with Crippen LogP contribution in [0.15, 0.2) is 27.4 Å². The van der Waals surface area contributed by atoms with Gasteiger partial charge in [0.05, 0.1) is 23.5 Å². The summed E-state index contributed by atoms with van der Waals surface area (Å²) in [5.74, 6) is -0.330. The lowest BCUT2D eigenvalue weighted by atomic mass is 9.99. The molecule has 4 N–H and O–H groups in total. The van der Waals surface area contributed by atoms with E-state index in [1.54, 1.807) is 14.7 Å². The summed E-state index contributed by atoms with van der Waals surface area (Å²) >= 11 is 4.66. The van der Waals surface area contributed by atoms with Crippen LogP contribution in [0.4, 0.5) is 34.1 Å². The zero-order chi connectivity index (χ0) is 31.8. The van der Waals surface area contributed by atoms with E-state index in [-0.39, 0.29) is 34.4 Å². The number of rotatable bonds is 6. The van der Waals surface area contributed by atoms with Gasteiger partial charge in [-0.1, -0.05) is 0 Å². The van der Waals surface area contributed by atoms with E-state index in [0.29, 0.717) is 51.6 Å². The summed E-state index contributed by atoms with van der Waals surface area (Å²) in [5, 5.41) is 9.68. The van der Waals surface area contributed by atoms with Crippen molar-refractivity contribution in [2.24, 2.45) is 0 Å².